The van der Waals surface area contributed by atoms with E-state index >= 15 is 0 Å². The molecule has 1 N–H and O–H groups in total. The Morgan fingerprint density at radius 2 is 1.90 bits per heavy atom. The third-order valence-electron chi connectivity index (χ3n) is 3.30. The Balaban J connectivity index is 1.65. The predicted molar refractivity (Wildman–Crippen MR) is 78.8 cm³/mol. The van der Waals surface area contributed by atoms with Gasteiger partial charge in [-0.15, -0.1) is 0 Å². The Morgan fingerprint density at radius 1 is 1.10 bits per heavy atom. The van der Waals surface area contributed by atoms with Crippen LogP contribution in [0.1, 0.15) is 5.56 Å². The van der Waals surface area contributed by atoms with Gasteiger partial charge < -0.3 is 15.0 Å². The van der Waals surface area contributed by atoms with Gasteiger partial charge in [0.25, 0.3) is 0 Å². The Kier molecular flexibility index (Phi) is 4.08. The zero-order valence-electron chi connectivity index (χ0n) is 11.3. The predicted octanol–water partition coefficient (Wildman–Crippen LogP) is 1.93. The Morgan fingerprint density at radius 3 is 2.70 bits per heavy atom. The monoisotopic (exact) mass is 270 g/mol. The minimum atomic E-state index is 0.761. The highest BCUT2D eigenvalue weighted by atomic mass is 16.5. The second kappa shape index (κ2) is 6.34. The Bertz CT molecular complexity index is 541. The lowest BCUT2D eigenvalue weighted by Gasteiger charge is -2.27. The maximum Gasteiger partial charge on any atom is 0.134 e. The van der Waals surface area contributed by atoms with Gasteiger partial charge in [-0.25, -0.2) is 9.97 Å². The molecule has 0 radical (unpaired) electrons. The molecule has 0 saturated carbocycles. The molecule has 104 valence electrons. The van der Waals surface area contributed by atoms with Gasteiger partial charge in [0, 0.05) is 25.7 Å². The summed E-state index contributed by atoms with van der Waals surface area (Å²) in [5.41, 5.74) is 1.24. The van der Waals surface area contributed by atoms with Crippen molar-refractivity contribution in [2.45, 2.75) is 6.54 Å². The highest BCUT2D eigenvalue weighted by Gasteiger charge is 2.12. The first-order valence-electron chi connectivity index (χ1n) is 6.84. The van der Waals surface area contributed by atoms with Gasteiger partial charge in [-0.1, -0.05) is 30.3 Å². The fourth-order valence-electron chi connectivity index (χ4n) is 2.20. The normalized spacial score (nSPS) is 15.1. The third kappa shape index (κ3) is 3.24. The number of aromatic nitrogens is 2. The van der Waals surface area contributed by atoms with E-state index in [2.05, 4.69) is 32.3 Å². The van der Waals surface area contributed by atoms with Crippen molar-refractivity contribution < 1.29 is 4.74 Å². The van der Waals surface area contributed by atoms with E-state index < -0.39 is 0 Å². The van der Waals surface area contributed by atoms with E-state index in [4.69, 9.17) is 4.74 Å². The highest BCUT2D eigenvalue weighted by molar-refractivity contribution is 5.48. The zero-order chi connectivity index (χ0) is 13.6. The van der Waals surface area contributed by atoms with Crippen molar-refractivity contribution >= 4 is 11.6 Å². The van der Waals surface area contributed by atoms with E-state index in [0.717, 1.165) is 44.5 Å². The van der Waals surface area contributed by atoms with Crippen LogP contribution in [0.5, 0.6) is 0 Å². The lowest BCUT2D eigenvalue weighted by atomic mass is 10.2. The molecule has 1 saturated heterocycles. The lowest BCUT2D eigenvalue weighted by Crippen LogP contribution is -2.36. The van der Waals surface area contributed by atoms with Crippen LogP contribution in [0.15, 0.2) is 42.7 Å². The minimum absolute atomic E-state index is 0.761. The van der Waals surface area contributed by atoms with Crippen molar-refractivity contribution in [2.75, 3.05) is 36.5 Å². The number of rotatable bonds is 4. The largest absolute Gasteiger partial charge is 0.378 e. The summed E-state index contributed by atoms with van der Waals surface area (Å²) in [5.74, 6) is 1.81. The molecule has 5 heteroatoms. The number of morpholine rings is 1. The van der Waals surface area contributed by atoms with Gasteiger partial charge in [0.15, 0.2) is 0 Å². The summed E-state index contributed by atoms with van der Waals surface area (Å²) in [5, 5.41) is 3.33. The third-order valence-corrected chi connectivity index (χ3v) is 3.30. The molecule has 5 nitrogen and oxygen atoms in total. The van der Waals surface area contributed by atoms with Crippen LogP contribution in [-0.4, -0.2) is 36.3 Å². The van der Waals surface area contributed by atoms with Crippen LogP contribution in [0.3, 0.4) is 0 Å². The van der Waals surface area contributed by atoms with Gasteiger partial charge in [-0.3, -0.25) is 0 Å². The van der Waals surface area contributed by atoms with E-state index in [-0.39, 0.29) is 0 Å². The first-order chi connectivity index (χ1) is 9.92. The van der Waals surface area contributed by atoms with Crippen molar-refractivity contribution in [3.63, 3.8) is 0 Å². The molecule has 0 atom stereocenters. The smallest absolute Gasteiger partial charge is 0.134 e. The van der Waals surface area contributed by atoms with Crippen molar-refractivity contribution in [3.05, 3.63) is 48.3 Å². The molecule has 2 aromatic rings. The van der Waals surface area contributed by atoms with Gasteiger partial charge in [-0.2, -0.15) is 0 Å². The van der Waals surface area contributed by atoms with Crippen molar-refractivity contribution in [2.24, 2.45) is 0 Å². The molecule has 2 heterocycles. The number of anilines is 2. The van der Waals surface area contributed by atoms with Gasteiger partial charge in [0.2, 0.25) is 0 Å². The zero-order valence-corrected chi connectivity index (χ0v) is 11.3. The quantitative estimate of drug-likeness (QED) is 0.920. The van der Waals surface area contributed by atoms with Gasteiger partial charge in [0.05, 0.1) is 13.2 Å². The fraction of sp³-hybridized carbons (Fsp3) is 0.333. The molecule has 1 aliphatic heterocycles. The average Bonchev–Trinajstić information content (AvgIpc) is 2.55. The molecular weight excluding hydrogens is 252 g/mol. The summed E-state index contributed by atoms with van der Waals surface area (Å²) in [6.45, 7) is 4.05. The lowest BCUT2D eigenvalue weighted by molar-refractivity contribution is 0.122. The highest BCUT2D eigenvalue weighted by Crippen LogP contribution is 2.16. The summed E-state index contributed by atoms with van der Waals surface area (Å²) in [6.07, 6.45) is 1.61. The van der Waals surface area contributed by atoms with Crippen LogP contribution < -0.4 is 10.2 Å². The number of nitrogens with one attached hydrogen (secondary N) is 1. The van der Waals surface area contributed by atoms with E-state index in [1.165, 1.54) is 5.56 Å². The molecule has 3 rings (SSSR count). The maximum atomic E-state index is 5.36. The first kappa shape index (κ1) is 12.9. The van der Waals surface area contributed by atoms with Crippen LogP contribution in [0, 0.1) is 0 Å². The fourth-order valence-corrected chi connectivity index (χ4v) is 2.20. The summed E-state index contributed by atoms with van der Waals surface area (Å²) in [6, 6.07) is 12.3. The summed E-state index contributed by atoms with van der Waals surface area (Å²) in [7, 11) is 0. The van der Waals surface area contributed by atoms with Crippen molar-refractivity contribution in [3.8, 4) is 0 Å². The van der Waals surface area contributed by atoms with Gasteiger partial charge in [-0.05, 0) is 5.56 Å². The molecule has 1 aromatic carbocycles. The number of hydrogen-bond donors (Lipinski definition) is 1. The van der Waals surface area contributed by atoms with E-state index in [1.807, 2.05) is 24.3 Å². The topological polar surface area (TPSA) is 50.3 Å². The average molecular weight is 270 g/mol. The van der Waals surface area contributed by atoms with E-state index in [1.54, 1.807) is 6.33 Å². The van der Waals surface area contributed by atoms with Crippen LogP contribution in [-0.2, 0) is 11.3 Å². The summed E-state index contributed by atoms with van der Waals surface area (Å²) < 4.78 is 5.36. The number of hydrogen-bond acceptors (Lipinski definition) is 5. The SMILES string of the molecule is c1ccc(CNc2cc(N3CCOCC3)ncn2)cc1. The number of nitrogens with zero attached hydrogens (tertiary/aromatic N) is 3. The molecule has 0 spiro atoms. The first-order valence-corrected chi connectivity index (χ1v) is 6.84. The Hall–Kier alpha value is -2.14. The standard InChI is InChI=1S/C15H18N4O/c1-2-4-13(5-3-1)11-16-14-10-15(18-12-17-14)19-6-8-20-9-7-19/h1-5,10,12H,6-9,11H2,(H,16,17,18). The second-order valence-corrected chi connectivity index (χ2v) is 4.70. The molecular formula is C15H18N4O. The summed E-state index contributed by atoms with van der Waals surface area (Å²) >= 11 is 0. The molecule has 0 unspecified atom stereocenters. The van der Waals surface area contributed by atoms with Crippen LogP contribution in [0.4, 0.5) is 11.6 Å². The maximum absolute atomic E-state index is 5.36. The summed E-state index contributed by atoms with van der Waals surface area (Å²) in [4.78, 5) is 10.8. The molecule has 20 heavy (non-hydrogen) atoms. The molecule has 0 bridgehead atoms. The van der Waals surface area contributed by atoms with Crippen molar-refractivity contribution in [1.82, 2.24) is 9.97 Å². The molecule has 0 amide bonds. The molecule has 1 fully saturated rings. The molecule has 1 aromatic heterocycles. The second-order valence-electron chi connectivity index (χ2n) is 4.70. The molecule has 1 aliphatic rings. The van der Waals surface area contributed by atoms with E-state index in [9.17, 15) is 0 Å². The van der Waals surface area contributed by atoms with Crippen LogP contribution in [0.2, 0.25) is 0 Å². The van der Waals surface area contributed by atoms with E-state index in [0.29, 0.717) is 0 Å². The van der Waals surface area contributed by atoms with Crippen molar-refractivity contribution in [1.29, 1.82) is 0 Å². The number of ether oxygens (including phenoxy) is 1. The Labute approximate surface area is 118 Å². The minimum Gasteiger partial charge on any atom is -0.378 e. The van der Waals surface area contributed by atoms with Crippen LogP contribution >= 0.6 is 0 Å². The molecule has 0 aliphatic carbocycles. The van der Waals surface area contributed by atoms with Gasteiger partial charge in [0.1, 0.15) is 18.0 Å². The van der Waals surface area contributed by atoms with Gasteiger partial charge >= 0.3 is 0 Å². The number of benzene rings is 1. The van der Waals surface area contributed by atoms with Crippen LogP contribution in [0.25, 0.3) is 0 Å².